The molecule has 3 heteroatoms. The van der Waals surface area contributed by atoms with Gasteiger partial charge in [-0.25, -0.2) is 0 Å². The Bertz CT molecular complexity index is 2250. The van der Waals surface area contributed by atoms with Gasteiger partial charge in [0.05, 0.1) is 11.8 Å². The molecule has 1 unspecified atom stereocenters. The fourth-order valence-electron chi connectivity index (χ4n) is 8.44. The maximum Gasteiger partial charge on any atom is 0.143 e. The second-order valence-corrected chi connectivity index (χ2v) is 13.5. The smallest absolute Gasteiger partial charge is 0.143 e. The first-order valence-electron chi connectivity index (χ1n) is 16.0. The molecule has 1 atom stereocenters. The first kappa shape index (κ1) is 25.7. The normalized spacial score (nSPS) is 19.5. The van der Waals surface area contributed by atoms with Crippen molar-refractivity contribution in [3.63, 3.8) is 0 Å². The highest BCUT2D eigenvalue weighted by atomic mass is 16.3. The quantitative estimate of drug-likeness (QED) is 0.212. The Kier molecular flexibility index (Phi) is 5.31. The Morgan fingerprint density at radius 3 is 2.66 bits per heavy atom. The third kappa shape index (κ3) is 3.37. The first-order chi connectivity index (χ1) is 21.5. The van der Waals surface area contributed by atoms with Gasteiger partial charge in [-0.3, -0.25) is 0 Å². The molecule has 4 aliphatic rings. The van der Waals surface area contributed by atoms with E-state index < -0.39 is 0 Å². The number of allylic oxidation sites excluding steroid dienone is 6. The van der Waals surface area contributed by atoms with Crippen LogP contribution in [0.3, 0.4) is 0 Å². The van der Waals surface area contributed by atoms with Gasteiger partial charge in [0.15, 0.2) is 0 Å². The molecule has 44 heavy (non-hydrogen) atoms. The van der Waals surface area contributed by atoms with Crippen LogP contribution in [0.5, 0.6) is 0 Å². The average Bonchev–Trinajstić information content (AvgIpc) is 3.66. The van der Waals surface area contributed by atoms with Gasteiger partial charge in [0, 0.05) is 44.3 Å². The number of nitrogens with zero attached hydrogens (tertiary/aromatic N) is 2. The summed E-state index contributed by atoms with van der Waals surface area (Å²) in [6, 6.07) is 22.4. The Morgan fingerprint density at radius 1 is 0.909 bits per heavy atom. The summed E-state index contributed by atoms with van der Waals surface area (Å²) in [5.41, 5.74) is 16.6. The minimum absolute atomic E-state index is 0.0751. The van der Waals surface area contributed by atoms with Crippen molar-refractivity contribution in [3.8, 4) is 17.2 Å². The van der Waals surface area contributed by atoms with Gasteiger partial charge in [-0.1, -0.05) is 81.5 Å². The van der Waals surface area contributed by atoms with Gasteiger partial charge in [-0.05, 0) is 95.7 Å². The van der Waals surface area contributed by atoms with Gasteiger partial charge in [0.1, 0.15) is 11.2 Å². The lowest BCUT2D eigenvalue weighted by Gasteiger charge is -2.24. The summed E-state index contributed by atoms with van der Waals surface area (Å²) in [5.74, 6) is 0.536. The lowest BCUT2D eigenvalue weighted by Crippen LogP contribution is -2.14. The van der Waals surface area contributed by atoms with Crippen LogP contribution in [0.2, 0.25) is 0 Å². The first-order valence-corrected chi connectivity index (χ1v) is 16.0. The summed E-state index contributed by atoms with van der Waals surface area (Å²) in [6.07, 6.45) is 16.5. The average molecular weight is 571 g/mol. The highest BCUT2D eigenvalue weighted by Gasteiger charge is 2.37. The van der Waals surface area contributed by atoms with Gasteiger partial charge in [-0.15, -0.1) is 0 Å². The number of fused-ring (bicyclic) bond motifs is 10. The number of rotatable bonds is 2. The van der Waals surface area contributed by atoms with E-state index in [0.717, 1.165) is 76.4 Å². The molecule has 4 aliphatic carbocycles. The van der Waals surface area contributed by atoms with Crippen LogP contribution in [0, 0.1) is 17.2 Å². The molecule has 0 aliphatic heterocycles. The molecule has 2 aromatic heterocycles. The van der Waals surface area contributed by atoms with Crippen LogP contribution in [-0.2, 0) is 18.3 Å². The van der Waals surface area contributed by atoms with Crippen LogP contribution >= 0.6 is 0 Å². The Labute approximate surface area is 258 Å². The zero-order valence-corrected chi connectivity index (χ0v) is 25.5. The zero-order chi connectivity index (χ0) is 29.7. The van der Waals surface area contributed by atoms with Crippen LogP contribution in [0.15, 0.2) is 82.8 Å². The fourth-order valence-corrected chi connectivity index (χ4v) is 8.44. The van der Waals surface area contributed by atoms with Gasteiger partial charge in [-0.2, -0.15) is 5.26 Å². The van der Waals surface area contributed by atoms with E-state index in [0.29, 0.717) is 5.92 Å². The van der Waals surface area contributed by atoms with Crippen molar-refractivity contribution in [1.82, 2.24) is 4.57 Å². The second kappa shape index (κ2) is 9.10. The molecule has 2 heterocycles. The largest absolute Gasteiger partial charge is 0.455 e. The number of furan rings is 1. The topological polar surface area (TPSA) is 41.9 Å². The highest BCUT2D eigenvalue weighted by Crippen LogP contribution is 2.53. The van der Waals surface area contributed by atoms with Crippen molar-refractivity contribution in [2.24, 2.45) is 5.92 Å². The third-order valence-electron chi connectivity index (χ3n) is 10.5. The standard InChI is InChI=1S/C41H34N2O/c1-24-15-19-35-30(21-24)27-10-5-7-13-34(27)43(35)36-14-8-9-26(23-42)38(36)25-16-20-37-31(22-25)28-17-18-33-39(40(28)44-37)29-11-4-6-12-32(29)41(33,2)3/h4,6-7,11-20,22,24H,5,8-10,21H2,1-3H3. The molecule has 0 saturated carbocycles. The number of nitriles is 1. The fraction of sp³-hybridized carbons (Fsp3) is 0.244. The summed E-state index contributed by atoms with van der Waals surface area (Å²) >= 11 is 0. The molecule has 0 amide bonds. The Hall–Kier alpha value is -4.81. The van der Waals surface area contributed by atoms with E-state index >= 15 is 0 Å². The molecule has 0 spiro atoms. The highest BCUT2D eigenvalue weighted by molar-refractivity contribution is 6.13. The van der Waals surface area contributed by atoms with E-state index in [1.54, 1.807) is 0 Å². The van der Waals surface area contributed by atoms with Crippen LogP contribution in [0.25, 0.3) is 56.5 Å². The number of hydrogen-bond acceptors (Lipinski definition) is 2. The molecule has 0 N–H and O–H groups in total. The maximum absolute atomic E-state index is 10.5. The summed E-state index contributed by atoms with van der Waals surface area (Å²) < 4.78 is 9.14. The van der Waals surface area contributed by atoms with Crippen LogP contribution in [-0.4, -0.2) is 4.57 Å². The molecule has 5 aromatic rings. The molecule has 0 bridgehead atoms. The minimum atomic E-state index is -0.0751. The molecule has 0 saturated heterocycles. The van der Waals surface area contributed by atoms with E-state index in [2.05, 4.69) is 116 Å². The van der Waals surface area contributed by atoms with Crippen LogP contribution in [0.4, 0.5) is 0 Å². The van der Waals surface area contributed by atoms with Crippen molar-refractivity contribution in [2.45, 2.75) is 58.3 Å². The number of aromatic nitrogens is 1. The molecule has 214 valence electrons. The molecular weight excluding hydrogens is 536 g/mol. The van der Waals surface area contributed by atoms with E-state index in [4.69, 9.17) is 4.42 Å². The molecular formula is C41H34N2O. The van der Waals surface area contributed by atoms with Gasteiger partial charge in [0.2, 0.25) is 0 Å². The predicted octanol–water partition coefficient (Wildman–Crippen LogP) is 10.5. The van der Waals surface area contributed by atoms with Crippen molar-refractivity contribution >= 4 is 45.4 Å². The van der Waals surface area contributed by atoms with Crippen molar-refractivity contribution in [1.29, 1.82) is 5.26 Å². The number of benzene rings is 3. The van der Waals surface area contributed by atoms with E-state index in [9.17, 15) is 5.26 Å². The monoisotopic (exact) mass is 570 g/mol. The van der Waals surface area contributed by atoms with Crippen molar-refractivity contribution in [2.75, 3.05) is 0 Å². The van der Waals surface area contributed by atoms with Gasteiger partial charge in [0.25, 0.3) is 0 Å². The van der Waals surface area contributed by atoms with Crippen LogP contribution in [0.1, 0.15) is 79.2 Å². The SMILES string of the molecule is CC1C=Cc2c(c3c(n2C2=CCCC(C#N)=C2c2ccc4oc5c6c(ccc5c4c2)C(C)(C)c2ccccc2-6)C=CCC3)C1. The molecule has 3 aromatic carbocycles. The van der Waals surface area contributed by atoms with Gasteiger partial charge >= 0.3 is 0 Å². The van der Waals surface area contributed by atoms with Crippen molar-refractivity contribution in [3.05, 3.63) is 118 Å². The minimum Gasteiger partial charge on any atom is -0.455 e. The van der Waals surface area contributed by atoms with E-state index in [1.165, 1.54) is 44.8 Å². The summed E-state index contributed by atoms with van der Waals surface area (Å²) in [7, 11) is 0. The molecule has 9 rings (SSSR count). The maximum atomic E-state index is 10.5. The van der Waals surface area contributed by atoms with Crippen LogP contribution < -0.4 is 0 Å². The predicted molar refractivity (Wildman–Crippen MR) is 181 cm³/mol. The Balaban J connectivity index is 1.26. The molecule has 0 radical (unpaired) electrons. The Morgan fingerprint density at radius 2 is 1.77 bits per heavy atom. The second-order valence-electron chi connectivity index (χ2n) is 13.5. The lowest BCUT2D eigenvalue weighted by molar-refractivity contribution is 0.653. The summed E-state index contributed by atoms with van der Waals surface area (Å²) in [6.45, 7) is 6.92. The van der Waals surface area contributed by atoms with E-state index in [1.807, 2.05) is 0 Å². The summed E-state index contributed by atoms with van der Waals surface area (Å²) in [5, 5.41) is 12.7. The zero-order valence-electron chi connectivity index (χ0n) is 25.5. The van der Waals surface area contributed by atoms with Crippen molar-refractivity contribution < 1.29 is 4.42 Å². The third-order valence-corrected chi connectivity index (χ3v) is 10.5. The number of hydrogen-bond donors (Lipinski definition) is 0. The summed E-state index contributed by atoms with van der Waals surface area (Å²) in [4.78, 5) is 0. The molecule has 0 fully saturated rings. The lowest BCUT2D eigenvalue weighted by atomic mass is 9.82. The van der Waals surface area contributed by atoms with E-state index in [-0.39, 0.29) is 5.41 Å². The van der Waals surface area contributed by atoms with Gasteiger partial charge < -0.3 is 8.98 Å². The molecule has 3 nitrogen and oxygen atoms in total.